The lowest BCUT2D eigenvalue weighted by Gasteiger charge is -2.07. The fourth-order valence-corrected chi connectivity index (χ4v) is 2.05. The largest absolute Gasteiger partial charge is 0.494 e. The van der Waals surface area contributed by atoms with Gasteiger partial charge in [-0.05, 0) is 56.0 Å². The van der Waals surface area contributed by atoms with Crippen molar-refractivity contribution in [2.24, 2.45) is 0 Å². The first kappa shape index (κ1) is 15.7. The topological polar surface area (TPSA) is 18.5 Å². The summed E-state index contributed by atoms with van der Waals surface area (Å²) in [5, 5.41) is 0.734. The molecule has 0 saturated heterocycles. The molecule has 3 heteroatoms. The van der Waals surface area contributed by atoms with E-state index in [0.717, 1.165) is 55.4 Å². The number of benzene rings is 2. The van der Waals surface area contributed by atoms with Gasteiger partial charge in [-0.15, -0.1) is 0 Å². The molecule has 2 rings (SSSR count). The SMILES string of the molecule is Clc1ccc(OCCCCCCOc2[c]cccc2)cc1. The van der Waals surface area contributed by atoms with E-state index < -0.39 is 0 Å². The Balaban J connectivity index is 1.46. The van der Waals surface area contributed by atoms with E-state index in [4.69, 9.17) is 21.1 Å². The highest BCUT2D eigenvalue weighted by Crippen LogP contribution is 2.16. The van der Waals surface area contributed by atoms with Crippen LogP contribution in [0.1, 0.15) is 25.7 Å². The molecule has 0 bridgehead atoms. The molecule has 0 heterocycles. The summed E-state index contributed by atoms with van der Waals surface area (Å²) in [7, 11) is 0. The van der Waals surface area contributed by atoms with Gasteiger partial charge >= 0.3 is 0 Å². The van der Waals surface area contributed by atoms with Crippen LogP contribution < -0.4 is 9.47 Å². The Hall–Kier alpha value is -1.67. The van der Waals surface area contributed by atoms with Crippen molar-refractivity contribution in [1.82, 2.24) is 0 Å². The average molecular weight is 304 g/mol. The lowest BCUT2D eigenvalue weighted by Crippen LogP contribution is -1.99. The zero-order valence-corrected chi connectivity index (χ0v) is 12.8. The molecular weight excluding hydrogens is 284 g/mol. The summed E-state index contributed by atoms with van der Waals surface area (Å²) in [6, 6.07) is 18.2. The van der Waals surface area contributed by atoms with E-state index in [9.17, 15) is 0 Å². The molecule has 2 aromatic rings. The van der Waals surface area contributed by atoms with Gasteiger partial charge in [0.15, 0.2) is 0 Å². The van der Waals surface area contributed by atoms with E-state index in [-0.39, 0.29) is 0 Å². The van der Waals surface area contributed by atoms with Crippen LogP contribution in [0.25, 0.3) is 0 Å². The Morgan fingerprint density at radius 3 is 2.19 bits per heavy atom. The second-order valence-electron chi connectivity index (χ2n) is 4.79. The van der Waals surface area contributed by atoms with E-state index in [1.54, 1.807) is 0 Å². The van der Waals surface area contributed by atoms with Gasteiger partial charge in [-0.1, -0.05) is 29.8 Å². The molecule has 21 heavy (non-hydrogen) atoms. The number of rotatable bonds is 9. The Kier molecular flexibility index (Phi) is 6.96. The van der Waals surface area contributed by atoms with Crippen molar-refractivity contribution >= 4 is 11.6 Å². The van der Waals surface area contributed by atoms with Crippen LogP contribution in [0.3, 0.4) is 0 Å². The average Bonchev–Trinajstić information content (AvgIpc) is 2.53. The predicted octanol–water partition coefficient (Wildman–Crippen LogP) is 5.16. The quantitative estimate of drug-likeness (QED) is 0.596. The van der Waals surface area contributed by atoms with E-state index >= 15 is 0 Å². The van der Waals surface area contributed by atoms with Gasteiger partial charge in [0.2, 0.25) is 0 Å². The van der Waals surface area contributed by atoms with Crippen molar-refractivity contribution in [3.63, 3.8) is 0 Å². The van der Waals surface area contributed by atoms with Crippen LogP contribution in [-0.2, 0) is 0 Å². The third kappa shape index (κ3) is 6.54. The molecule has 2 aromatic carbocycles. The van der Waals surface area contributed by atoms with E-state index in [0.29, 0.717) is 0 Å². The fourth-order valence-electron chi connectivity index (χ4n) is 1.93. The second-order valence-corrected chi connectivity index (χ2v) is 5.23. The van der Waals surface area contributed by atoms with Gasteiger partial charge < -0.3 is 9.47 Å². The van der Waals surface area contributed by atoms with Gasteiger partial charge in [0.05, 0.1) is 13.2 Å². The number of halogens is 1. The van der Waals surface area contributed by atoms with Gasteiger partial charge in [-0.3, -0.25) is 0 Å². The summed E-state index contributed by atoms with van der Waals surface area (Å²) < 4.78 is 11.2. The molecule has 0 amide bonds. The summed E-state index contributed by atoms with van der Waals surface area (Å²) in [6.07, 6.45) is 4.41. The lowest BCUT2D eigenvalue weighted by atomic mass is 10.2. The first-order chi connectivity index (χ1) is 10.3. The third-order valence-electron chi connectivity index (χ3n) is 3.06. The van der Waals surface area contributed by atoms with Crippen LogP contribution in [0.4, 0.5) is 0 Å². The maximum absolute atomic E-state index is 5.82. The van der Waals surface area contributed by atoms with Crippen LogP contribution in [-0.4, -0.2) is 13.2 Å². The lowest BCUT2D eigenvalue weighted by molar-refractivity contribution is 0.287. The molecule has 0 aliphatic rings. The summed E-state index contributed by atoms with van der Waals surface area (Å²) in [5.41, 5.74) is 0. The van der Waals surface area contributed by atoms with Crippen LogP contribution in [0.15, 0.2) is 48.5 Å². The normalized spacial score (nSPS) is 10.3. The molecule has 0 aromatic heterocycles. The minimum atomic E-state index is 0.734. The number of hydrogen-bond donors (Lipinski definition) is 0. The predicted molar refractivity (Wildman–Crippen MR) is 86.2 cm³/mol. The molecule has 2 nitrogen and oxygen atoms in total. The highest BCUT2D eigenvalue weighted by molar-refractivity contribution is 6.30. The third-order valence-corrected chi connectivity index (χ3v) is 3.31. The van der Waals surface area contributed by atoms with Crippen LogP contribution in [0.5, 0.6) is 11.5 Å². The van der Waals surface area contributed by atoms with Gasteiger partial charge in [0.25, 0.3) is 0 Å². The fraction of sp³-hybridized carbons (Fsp3) is 0.333. The van der Waals surface area contributed by atoms with Crippen molar-refractivity contribution in [3.05, 3.63) is 59.6 Å². The molecule has 0 saturated carbocycles. The minimum absolute atomic E-state index is 0.734. The number of para-hydroxylation sites is 1. The van der Waals surface area contributed by atoms with Gasteiger partial charge in [0.1, 0.15) is 11.5 Å². The van der Waals surface area contributed by atoms with Crippen molar-refractivity contribution < 1.29 is 9.47 Å². The van der Waals surface area contributed by atoms with Crippen LogP contribution in [0, 0.1) is 6.07 Å². The summed E-state index contributed by atoms with van der Waals surface area (Å²) in [5.74, 6) is 1.70. The maximum Gasteiger partial charge on any atom is 0.127 e. The first-order valence-corrected chi connectivity index (χ1v) is 7.70. The molecule has 0 fully saturated rings. The summed E-state index contributed by atoms with van der Waals surface area (Å²) >= 11 is 5.82. The molecule has 0 atom stereocenters. The molecule has 0 unspecified atom stereocenters. The Labute approximate surface area is 131 Å². The molecule has 1 radical (unpaired) electrons. The smallest absolute Gasteiger partial charge is 0.127 e. The molecule has 111 valence electrons. The first-order valence-electron chi connectivity index (χ1n) is 7.32. The minimum Gasteiger partial charge on any atom is -0.494 e. The van der Waals surface area contributed by atoms with E-state index in [1.165, 1.54) is 0 Å². The Morgan fingerprint density at radius 2 is 1.52 bits per heavy atom. The molecule has 0 spiro atoms. The molecule has 0 aliphatic heterocycles. The standard InChI is InChI=1S/C18H20ClO2/c19-16-10-12-18(13-11-16)21-15-7-2-1-6-14-20-17-8-4-3-5-9-17/h3-5,8,10-13H,1-2,6-7,14-15H2. The summed E-state index contributed by atoms with van der Waals surface area (Å²) in [4.78, 5) is 0. The molecule has 0 aliphatic carbocycles. The maximum atomic E-state index is 5.82. The van der Waals surface area contributed by atoms with Crippen LogP contribution >= 0.6 is 11.6 Å². The highest BCUT2D eigenvalue weighted by Gasteiger charge is 1.96. The van der Waals surface area contributed by atoms with Gasteiger partial charge in [-0.2, -0.15) is 0 Å². The van der Waals surface area contributed by atoms with E-state index in [2.05, 4.69) is 6.07 Å². The number of hydrogen-bond acceptors (Lipinski definition) is 2. The summed E-state index contributed by atoms with van der Waals surface area (Å²) in [6.45, 7) is 1.49. The molecular formula is C18H20ClO2. The van der Waals surface area contributed by atoms with Crippen LogP contribution in [0.2, 0.25) is 5.02 Å². The zero-order valence-electron chi connectivity index (χ0n) is 12.1. The number of unbranched alkanes of at least 4 members (excludes halogenated alkanes) is 3. The van der Waals surface area contributed by atoms with Gasteiger partial charge in [-0.25, -0.2) is 0 Å². The van der Waals surface area contributed by atoms with Crippen molar-refractivity contribution in [2.75, 3.05) is 13.2 Å². The van der Waals surface area contributed by atoms with Crippen molar-refractivity contribution in [2.45, 2.75) is 25.7 Å². The number of ether oxygens (including phenoxy) is 2. The van der Waals surface area contributed by atoms with Gasteiger partial charge in [0, 0.05) is 11.1 Å². The van der Waals surface area contributed by atoms with E-state index in [1.807, 2.05) is 48.5 Å². The monoisotopic (exact) mass is 303 g/mol. The Bertz CT molecular complexity index is 496. The Morgan fingerprint density at radius 1 is 0.810 bits per heavy atom. The van der Waals surface area contributed by atoms with Crippen molar-refractivity contribution in [3.8, 4) is 11.5 Å². The highest BCUT2D eigenvalue weighted by atomic mass is 35.5. The molecule has 0 N–H and O–H groups in total. The van der Waals surface area contributed by atoms with Crippen molar-refractivity contribution in [1.29, 1.82) is 0 Å². The second kappa shape index (κ2) is 9.30. The zero-order chi connectivity index (χ0) is 14.8.